The molecule has 1 aliphatic rings. The van der Waals surface area contributed by atoms with Crippen molar-refractivity contribution in [3.63, 3.8) is 0 Å². The van der Waals surface area contributed by atoms with Gasteiger partial charge < -0.3 is 19.9 Å². The van der Waals surface area contributed by atoms with Gasteiger partial charge in [-0.2, -0.15) is 0 Å². The SMILES string of the molecule is Cc1nnc(CN=C(NCCc2ccc(Cl)nc2)NC2CCOc3ccccc32)n1C.I. The van der Waals surface area contributed by atoms with Crippen LogP contribution >= 0.6 is 35.6 Å². The van der Waals surface area contributed by atoms with Crippen molar-refractivity contribution in [1.29, 1.82) is 0 Å². The van der Waals surface area contributed by atoms with E-state index in [1.807, 2.05) is 42.8 Å². The van der Waals surface area contributed by atoms with E-state index in [1.54, 1.807) is 12.3 Å². The second kappa shape index (κ2) is 11.5. The highest BCUT2D eigenvalue weighted by atomic mass is 127. The highest BCUT2D eigenvalue weighted by Gasteiger charge is 2.22. The molecule has 8 nitrogen and oxygen atoms in total. The average Bonchev–Trinajstić information content (AvgIpc) is 3.11. The Morgan fingerprint density at radius 3 is 2.84 bits per heavy atom. The first-order chi connectivity index (χ1) is 15.1. The first-order valence-electron chi connectivity index (χ1n) is 10.3. The number of hydrogen-bond donors (Lipinski definition) is 2. The monoisotopic (exact) mass is 567 g/mol. The van der Waals surface area contributed by atoms with Gasteiger partial charge in [0.2, 0.25) is 0 Å². The summed E-state index contributed by atoms with van der Waals surface area (Å²) in [6.45, 7) is 3.73. The number of guanidine groups is 1. The molecule has 1 atom stereocenters. The maximum atomic E-state index is 5.88. The predicted octanol–water partition coefficient (Wildman–Crippen LogP) is 3.59. The summed E-state index contributed by atoms with van der Waals surface area (Å²) >= 11 is 5.88. The third-order valence-electron chi connectivity index (χ3n) is 5.33. The molecule has 3 heterocycles. The summed E-state index contributed by atoms with van der Waals surface area (Å²) in [5, 5.41) is 15.8. The van der Waals surface area contributed by atoms with Crippen LogP contribution in [0.15, 0.2) is 47.6 Å². The van der Waals surface area contributed by atoms with Crippen LogP contribution in [0.25, 0.3) is 0 Å². The van der Waals surface area contributed by atoms with Crippen molar-refractivity contribution < 1.29 is 4.74 Å². The molecule has 32 heavy (non-hydrogen) atoms. The molecule has 2 N–H and O–H groups in total. The second-order valence-electron chi connectivity index (χ2n) is 7.43. The van der Waals surface area contributed by atoms with Gasteiger partial charge in [0, 0.05) is 31.8 Å². The zero-order valence-electron chi connectivity index (χ0n) is 18.1. The van der Waals surface area contributed by atoms with Crippen LogP contribution in [0.2, 0.25) is 5.15 Å². The molecule has 0 bridgehead atoms. The van der Waals surface area contributed by atoms with Crippen LogP contribution in [0.3, 0.4) is 0 Å². The number of rotatable bonds is 6. The van der Waals surface area contributed by atoms with Crippen LogP contribution in [0, 0.1) is 6.92 Å². The van der Waals surface area contributed by atoms with Gasteiger partial charge in [0.15, 0.2) is 11.8 Å². The number of pyridine rings is 1. The van der Waals surface area contributed by atoms with E-state index in [9.17, 15) is 0 Å². The Hall–Kier alpha value is -2.40. The summed E-state index contributed by atoms with van der Waals surface area (Å²) in [6, 6.07) is 12.0. The van der Waals surface area contributed by atoms with E-state index >= 15 is 0 Å². The fourth-order valence-electron chi connectivity index (χ4n) is 3.43. The average molecular weight is 568 g/mol. The summed E-state index contributed by atoms with van der Waals surface area (Å²) in [5.74, 6) is 3.32. The number of fused-ring (bicyclic) bond motifs is 1. The van der Waals surface area contributed by atoms with E-state index in [0.717, 1.165) is 47.3 Å². The lowest BCUT2D eigenvalue weighted by molar-refractivity contribution is 0.261. The van der Waals surface area contributed by atoms with Crippen molar-refractivity contribution in [3.05, 3.63) is 70.5 Å². The number of aryl methyl sites for hydroxylation is 1. The topological polar surface area (TPSA) is 89.2 Å². The van der Waals surface area contributed by atoms with E-state index in [-0.39, 0.29) is 30.0 Å². The van der Waals surface area contributed by atoms with E-state index in [2.05, 4.69) is 31.9 Å². The molecule has 0 amide bonds. The van der Waals surface area contributed by atoms with Crippen molar-refractivity contribution in [2.75, 3.05) is 13.2 Å². The number of nitrogens with one attached hydrogen (secondary N) is 2. The number of ether oxygens (including phenoxy) is 1. The molecule has 0 radical (unpaired) electrons. The van der Waals surface area contributed by atoms with Crippen LogP contribution in [0.1, 0.15) is 35.2 Å². The molecule has 170 valence electrons. The van der Waals surface area contributed by atoms with Crippen LogP contribution in [0.4, 0.5) is 0 Å². The van der Waals surface area contributed by atoms with E-state index < -0.39 is 0 Å². The Morgan fingerprint density at radius 2 is 2.09 bits per heavy atom. The molecule has 2 aromatic heterocycles. The molecule has 4 rings (SSSR count). The van der Waals surface area contributed by atoms with Gasteiger partial charge >= 0.3 is 0 Å². The van der Waals surface area contributed by atoms with Gasteiger partial charge in [0.05, 0.1) is 12.6 Å². The number of halogens is 2. The summed E-state index contributed by atoms with van der Waals surface area (Å²) in [7, 11) is 1.95. The van der Waals surface area contributed by atoms with Gasteiger partial charge in [-0.1, -0.05) is 35.9 Å². The lowest BCUT2D eigenvalue weighted by atomic mass is 10.0. The molecule has 0 saturated heterocycles. The lowest BCUT2D eigenvalue weighted by Crippen LogP contribution is -2.42. The molecule has 1 unspecified atom stereocenters. The van der Waals surface area contributed by atoms with Crippen LogP contribution in [-0.2, 0) is 20.0 Å². The third-order valence-corrected chi connectivity index (χ3v) is 5.55. The Kier molecular flexibility index (Phi) is 8.68. The molecule has 10 heteroatoms. The standard InChI is InChI=1S/C22H26ClN7O.HI/c1-15-28-29-21(30(15)2)14-26-22(24-11-9-16-7-8-20(23)25-13-16)27-18-10-12-31-19-6-4-3-5-17(18)19;/h3-8,13,18H,9-12,14H2,1-2H3,(H2,24,26,27);1H. The maximum Gasteiger partial charge on any atom is 0.192 e. The number of nitrogens with zero attached hydrogens (tertiary/aromatic N) is 5. The van der Waals surface area contributed by atoms with Gasteiger partial charge in [-0.05, 0) is 31.0 Å². The zero-order chi connectivity index (χ0) is 21.6. The van der Waals surface area contributed by atoms with Crippen molar-refractivity contribution in [2.24, 2.45) is 12.0 Å². The molecule has 0 saturated carbocycles. The number of hydrogen-bond acceptors (Lipinski definition) is 5. The molecular weight excluding hydrogens is 541 g/mol. The van der Waals surface area contributed by atoms with Crippen molar-refractivity contribution in [2.45, 2.75) is 32.4 Å². The summed E-state index contributed by atoms with van der Waals surface area (Å²) in [4.78, 5) is 8.92. The maximum absolute atomic E-state index is 5.88. The molecule has 3 aromatic rings. The lowest BCUT2D eigenvalue weighted by Gasteiger charge is -2.28. The highest BCUT2D eigenvalue weighted by Crippen LogP contribution is 2.31. The van der Waals surface area contributed by atoms with Crippen LogP contribution in [0.5, 0.6) is 5.75 Å². The summed E-state index contributed by atoms with van der Waals surface area (Å²) in [5.41, 5.74) is 2.25. The summed E-state index contributed by atoms with van der Waals surface area (Å²) in [6.07, 6.45) is 3.46. The Labute approximate surface area is 209 Å². The van der Waals surface area contributed by atoms with Crippen LogP contribution in [-0.4, -0.2) is 38.9 Å². The smallest absolute Gasteiger partial charge is 0.192 e. The normalized spacial score (nSPS) is 15.3. The minimum absolute atomic E-state index is 0. The first-order valence-corrected chi connectivity index (χ1v) is 10.7. The third kappa shape index (κ3) is 6.10. The molecule has 1 aliphatic heterocycles. The molecule has 0 fully saturated rings. The van der Waals surface area contributed by atoms with Gasteiger partial charge in [0.1, 0.15) is 23.3 Å². The quantitative estimate of drug-likeness (QED) is 0.205. The fourth-order valence-corrected chi connectivity index (χ4v) is 3.54. The fraction of sp³-hybridized carbons (Fsp3) is 0.364. The molecule has 0 aliphatic carbocycles. The van der Waals surface area contributed by atoms with E-state index in [1.165, 1.54) is 0 Å². The Morgan fingerprint density at radius 1 is 1.25 bits per heavy atom. The van der Waals surface area contributed by atoms with Crippen molar-refractivity contribution >= 4 is 41.5 Å². The van der Waals surface area contributed by atoms with Crippen LogP contribution < -0.4 is 15.4 Å². The highest BCUT2D eigenvalue weighted by molar-refractivity contribution is 14.0. The second-order valence-corrected chi connectivity index (χ2v) is 7.81. The summed E-state index contributed by atoms with van der Waals surface area (Å²) < 4.78 is 7.74. The molecule has 1 aromatic carbocycles. The Bertz CT molecular complexity index is 1050. The largest absolute Gasteiger partial charge is 0.493 e. The minimum atomic E-state index is 0. The van der Waals surface area contributed by atoms with Gasteiger partial charge in [-0.3, -0.25) is 0 Å². The van der Waals surface area contributed by atoms with Gasteiger partial charge in [-0.25, -0.2) is 9.98 Å². The first kappa shape index (κ1) is 24.2. The Balaban J connectivity index is 0.00000289. The van der Waals surface area contributed by atoms with Gasteiger partial charge in [0.25, 0.3) is 0 Å². The van der Waals surface area contributed by atoms with Crippen molar-refractivity contribution in [3.8, 4) is 5.75 Å². The zero-order valence-corrected chi connectivity index (χ0v) is 21.2. The van der Waals surface area contributed by atoms with Crippen molar-refractivity contribution in [1.82, 2.24) is 30.4 Å². The van der Waals surface area contributed by atoms with Gasteiger partial charge in [-0.15, -0.1) is 34.2 Å². The van der Waals surface area contributed by atoms with E-state index in [4.69, 9.17) is 21.3 Å². The number of aliphatic imine (C=N–C) groups is 1. The molecular formula is C22H27ClIN7O. The minimum Gasteiger partial charge on any atom is -0.493 e. The number of para-hydroxylation sites is 1. The molecule has 0 spiro atoms. The van der Waals surface area contributed by atoms with E-state index in [0.29, 0.717) is 24.8 Å². The number of benzene rings is 1. The predicted molar refractivity (Wildman–Crippen MR) is 136 cm³/mol. The number of aromatic nitrogens is 4.